The Labute approximate surface area is 159 Å². The fourth-order valence-electron chi connectivity index (χ4n) is 2.95. The molecule has 1 saturated heterocycles. The van der Waals surface area contributed by atoms with E-state index in [4.69, 9.17) is 0 Å². The summed E-state index contributed by atoms with van der Waals surface area (Å²) in [5.41, 5.74) is 3.56. The number of nitrogens with one attached hydrogen (secondary N) is 2. The molecule has 5 heteroatoms. The number of rotatable bonds is 3. The van der Waals surface area contributed by atoms with Crippen molar-refractivity contribution in [3.8, 4) is 11.8 Å². The van der Waals surface area contributed by atoms with Crippen molar-refractivity contribution in [1.82, 2.24) is 5.32 Å². The minimum atomic E-state index is -0.280. The van der Waals surface area contributed by atoms with Gasteiger partial charge in [0.05, 0.1) is 6.54 Å². The summed E-state index contributed by atoms with van der Waals surface area (Å²) in [6, 6.07) is 15.0. The van der Waals surface area contributed by atoms with Crippen molar-refractivity contribution in [2.75, 3.05) is 23.3 Å². The number of piperidine rings is 1. The van der Waals surface area contributed by atoms with E-state index in [0.717, 1.165) is 41.9 Å². The van der Waals surface area contributed by atoms with Gasteiger partial charge in [0.2, 0.25) is 5.91 Å². The highest BCUT2D eigenvalue weighted by Gasteiger charge is 2.19. The van der Waals surface area contributed by atoms with Crippen molar-refractivity contribution < 1.29 is 9.59 Å². The quantitative estimate of drug-likeness (QED) is 0.819. The molecule has 0 aliphatic carbocycles. The first-order chi connectivity index (χ1) is 13.1. The lowest BCUT2D eigenvalue weighted by atomic mass is 10.1. The molecule has 3 amide bonds. The molecule has 0 saturated carbocycles. The number of carbonyl (C=O) groups is 2. The third-order valence-electron chi connectivity index (χ3n) is 4.47. The fraction of sp³-hybridized carbons (Fsp3) is 0.273. The molecule has 0 spiro atoms. The lowest BCUT2D eigenvalue weighted by Crippen LogP contribution is -2.35. The molecule has 138 valence electrons. The van der Waals surface area contributed by atoms with Crippen molar-refractivity contribution in [2.45, 2.75) is 26.2 Å². The summed E-state index contributed by atoms with van der Waals surface area (Å²) < 4.78 is 0. The lowest BCUT2D eigenvalue weighted by molar-refractivity contribution is -0.119. The largest absolute Gasteiger partial charge is 0.327 e. The summed E-state index contributed by atoms with van der Waals surface area (Å²) in [6.45, 7) is 2.98. The molecule has 0 unspecified atom stereocenters. The highest BCUT2D eigenvalue weighted by atomic mass is 16.2. The van der Waals surface area contributed by atoms with Gasteiger partial charge in [-0.05, 0) is 55.7 Å². The molecule has 1 aliphatic heterocycles. The van der Waals surface area contributed by atoms with E-state index in [1.54, 1.807) is 0 Å². The van der Waals surface area contributed by atoms with Crippen molar-refractivity contribution in [1.29, 1.82) is 0 Å². The van der Waals surface area contributed by atoms with Crippen LogP contribution in [-0.2, 0) is 4.79 Å². The number of para-hydroxylation sites is 1. The van der Waals surface area contributed by atoms with E-state index in [0.29, 0.717) is 6.42 Å². The van der Waals surface area contributed by atoms with Crippen LogP contribution < -0.4 is 15.5 Å². The maximum absolute atomic E-state index is 12.0. The fourth-order valence-corrected chi connectivity index (χ4v) is 2.95. The first-order valence-electron chi connectivity index (χ1n) is 9.13. The molecular weight excluding hydrogens is 338 g/mol. The summed E-state index contributed by atoms with van der Waals surface area (Å²) in [5.74, 6) is 6.14. The normalized spacial score (nSPS) is 13.5. The van der Waals surface area contributed by atoms with E-state index < -0.39 is 0 Å². The van der Waals surface area contributed by atoms with E-state index >= 15 is 0 Å². The molecule has 0 aromatic heterocycles. The van der Waals surface area contributed by atoms with Gasteiger partial charge in [-0.3, -0.25) is 4.79 Å². The van der Waals surface area contributed by atoms with Gasteiger partial charge in [0.15, 0.2) is 0 Å². The number of nitrogens with zero attached hydrogens (tertiary/aromatic N) is 1. The molecule has 1 heterocycles. The summed E-state index contributed by atoms with van der Waals surface area (Å²) in [5, 5.41) is 5.52. The highest BCUT2D eigenvalue weighted by Crippen LogP contribution is 2.21. The van der Waals surface area contributed by atoms with Gasteiger partial charge in [0, 0.05) is 29.9 Å². The minimum absolute atomic E-state index is 0.184. The second-order valence-electron chi connectivity index (χ2n) is 6.47. The highest BCUT2D eigenvalue weighted by molar-refractivity contribution is 5.94. The van der Waals surface area contributed by atoms with Gasteiger partial charge in [-0.1, -0.05) is 30.0 Å². The molecule has 2 aromatic carbocycles. The van der Waals surface area contributed by atoms with Crippen LogP contribution in [0.2, 0.25) is 0 Å². The summed E-state index contributed by atoms with van der Waals surface area (Å²) in [6.07, 6.45) is 2.64. The van der Waals surface area contributed by atoms with Crippen molar-refractivity contribution in [3.63, 3.8) is 0 Å². The molecule has 1 fully saturated rings. The minimum Gasteiger partial charge on any atom is -0.327 e. The van der Waals surface area contributed by atoms with Crippen LogP contribution >= 0.6 is 0 Å². The lowest BCUT2D eigenvalue weighted by Gasteiger charge is -2.26. The van der Waals surface area contributed by atoms with Crippen LogP contribution in [0.1, 0.15) is 30.4 Å². The number of anilines is 2. The van der Waals surface area contributed by atoms with Crippen molar-refractivity contribution in [3.05, 3.63) is 59.7 Å². The molecular formula is C22H23N3O2. The summed E-state index contributed by atoms with van der Waals surface area (Å²) in [4.78, 5) is 25.7. The molecule has 2 aromatic rings. The zero-order valence-corrected chi connectivity index (χ0v) is 15.4. The number of urea groups is 1. The number of hydrogen-bond donors (Lipinski definition) is 2. The van der Waals surface area contributed by atoms with Crippen LogP contribution in [0.3, 0.4) is 0 Å². The molecule has 3 rings (SSSR count). The molecule has 1 aliphatic rings. The van der Waals surface area contributed by atoms with Crippen molar-refractivity contribution >= 4 is 23.3 Å². The number of benzene rings is 2. The average molecular weight is 361 g/mol. The third-order valence-corrected chi connectivity index (χ3v) is 4.47. The Morgan fingerprint density at radius 2 is 1.89 bits per heavy atom. The van der Waals surface area contributed by atoms with Crippen LogP contribution in [0, 0.1) is 18.8 Å². The standard InChI is InChI=1S/C22H23N3O2/c1-17-7-2-3-9-20(17)24-22(27)23-15-6-8-18-11-13-19(14-12-18)25-16-5-4-10-21(25)26/h2-3,7,9,11-14H,4-5,10,15-16H2,1H3,(H2,23,24,27). The first-order valence-corrected chi connectivity index (χ1v) is 9.13. The van der Waals surface area contributed by atoms with Crippen LogP contribution in [0.15, 0.2) is 48.5 Å². The topological polar surface area (TPSA) is 61.4 Å². The van der Waals surface area contributed by atoms with Gasteiger partial charge in [-0.25, -0.2) is 4.79 Å². The number of hydrogen-bond acceptors (Lipinski definition) is 2. The molecule has 2 N–H and O–H groups in total. The van der Waals surface area contributed by atoms with E-state index in [9.17, 15) is 9.59 Å². The van der Waals surface area contributed by atoms with Crippen molar-refractivity contribution in [2.24, 2.45) is 0 Å². The smallest absolute Gasteiger partial charge is 0.320 e. The zero-order chi connectivity index (χ0) is 19.1. The molecule has 0 atom stereocenters. The zero-order valence-electron chi connectivity index (χ0n) is 15.4. The maximum Gasteiger partial charge on any atom is 0.320 e. The second kappa shape index (κ2) is 8.91. The predicted molar refractivity (Wildman–Crippen MR) is 108 cm³/mol. The van der Waals surface area contributed by atoms with E-state index in [2.05, 4.69) is 22.5 Å². The Balaban J connectivity index is 1.50. The second-order valence-corrected chi connectivity index (χ2v) is 6.47. The number of aryl methyl sites for hydroxylation is 1. The summed E-state index contributed by atoms with van der Waals surface area (Å²) >= 11 is 0. The van der Waals surface area contributed by atoms with Crippen LogP contribution in [0.4, 0.5) is 16.2 Å². The SMILES string of the molecule is Cc1ccccc1NC(=O)NCC#Cc1ccc(N2CCCCC2=O)cc1. The van der Waals surface area contributed by atoms with Crippen LogP contribution in [-0.4, -0.2) is 25.0 Å². The molecule has 5 nitrogen and oxygen atoms in total. The Hall–Kier alpha value is -3.26. The van der Waals surface area contributed by atoms with Crippen LogP contribution in [0.25, 0.3) is 0 Å². The van der Waals surface area contributed by atoms with Gasteiger partial charge in [-0.15, -0.1) is 0 Å². The monoisotopic (exact) mass is 361 g/mol. The van der Waals surface area contributed by atoms with Gasteiger partial charge in [-0.2, -0.15) is 0 Å². The van der Waals surface area contributed by atoms with Gasteiger partial charge < -0.3 is 15.5 Å². The van der Waals surface area contributed by atoms with Crippen LogP contribution in [0.5, 0.6) is 0 Å². The Morgan fingerprint density at radius 3 is 2.63 bits per heavy atom. The maximum atomic E-state index is 12.0. The van der Waals surface area contributed by atoms with E-state index in [1.807, 2.05) is 60.4 Å². The Bertz CT molecular complexity index is 878. The number of amides is 3. The Morgan fingerprint density at radius 1 is 1.11 bits per heavy atom. The number of carbonyl (C=O) groups excluding carboxylic acids is 2. The van der Waals surface area contributed by atoms with Gasteiger partial charge in [0.1, 0.15) is 0 Å². The van der Waals surface area contributed by atoms with Gasteiger partial charge in [0.25, 0.3) is 0 Å². The van der Waals surface area contributed by atoms with E-state index in [1.165, 1.54) is 0 Å². The Kier molecular flexibility index (Phi) is 6.11. The van der Waals surface area contributed by atoms with E-state index in [-0.39, 0.29) is 18.5 Å². The molecule has 0 bridgehead atoms. The molecule has 0 radical (unpaired) electrons. The predicted octanol–water partition coefficient (Wildman–Crippen LogP) is 3.69. The molecule has 27 heavy (non-hydrogen) atoms. The first kappa shape index (κ1) is 18.5. The average Bonchev–Trinajstić information content (AvgIpc) is 2.68. The third kappa shape index (κ3) is 5.11. The van der Waals surface area contributed by atoms with Gasteiger partial charge >= 0.3 is 6.03 Å². The summed E-state index contributed by atoms with van der Waals surface area (Å²) in [7, 11) is 0.